The number of rotatable bonds is 10. The summed E-state index contributed by atoms with van der Waals surface area (Å²) in [5.41, 5.74) is 1.32. The summed E-state index contributed by atoms with van der Waals surface area (Å²) in [6, 6.07) is 8.49. The molecule has 8 heteroatoms. The van der Waals surface area contributed by atoms with E-state index in [1.807, 2.05) is 13.1 Å². The fourth-order valence-electron chi connectivity index (χ4n) is 3.37. The fourth-order valence-corrected chi connectivity index (χ4v) is 4.28. The Hall–Kier alpha value is -1.39. The zero-order valence-electron chi connectivity index (χ0n) is 16.5. The van der Waals surface area contributed by atoms with Crippen LogP contribution in [0.25, 0.3) is 0 Å². The van der Waals surface area contributed by atoms with Gasteiger partial charge in [0.15, 0.2) is 5.82 Å². The first-order valence-corrected chi connectivity index (χ1v) is 11.2. The van der Waals surface area contributed by atoms with Gasteiger partial charge in [-0.15, -0.1) is 10.2 Å². The van der Waals surface area contributed by atoms with E-state index in [0.29, 0.717) is 22.4 Å². The minimum absolute atomic E-state index is 0.103. The number of alkyl halides is 1. The van der Waals surface area contributed by atoms with Crippen LogP contribution >= 0.6 is 22.6 Å². The van der Waals surface area contributed by atoms with E-state index >= 15 is 0 Å². The highest BCUT2D eigenvalue weighted by molar-refractivity contribution is 14.1. The Balaban J connectivity index is 1.36. The lowest BCUT2D eigenvalue weighted by molar-refractivity contribution is 0.208. The Morgan fingerprint density at radius 1 is 1.29 bits per heavy atom. The number of hydrogen-bond donors (Lipinski definition) is 2. The summed E-state index contributed by atoms with van der Waals surface area (Å²) < 4.78 is 8.36. The van der Waals surface area contributed by atoms with E-state index in [1.54, 1.807) is 4.57 Å². The van der Waals surface area contributed by atoms with Crippen LogP contribution < -0.4 is 10.1 Å². The maximum atomic E-state index is 9.14. The van der Waals surface area contributed by atoms with Crippen molar-refractivity contribution in [1.29, 1.82) is 0 Å². The van der Waals surface area contributed by atoms with Gasteiger partial charge in [-0.05, 0) is 56.3 Å². The van der Waals surface area contributed by atoms with Crippen LogP contribution in [0.5, 0.6) is 5.75 Å². The third kappa shape index (κ3) is 6.05. The maximum absolute atomic E-state index is 9.14. The Morgan fingerprint density at radius 3 is 2.96 bits per heavy atom. The van der Waals surface area contributed by atoms with Gasteiger partial charge in [0.1, 0.15) is 12.4 Å². The summed E-state index contributed by atoms with van der Waals surface area (Å²) in [4.78, 5) is 2.56. The molecule has 1 saturated heterocycles. The van der Waals surface area contributed by atoms with Crippen molar-refractivity contribution in [2.24, 2.45) is 7.05 Å². The molecule has 0 bridgehead atoms. The second kappa shape index (κ2) is 11.0. The first-order chi connectivity index (χ1) is 13.7. The van der Waals surface area contributed by atoms with E-state index in [2.05, 4.69) is 61.2 Å². The van der Waals surface area contributed by atoms with Crippen LogP contribution in [-0.2, 0) is 20.2 Å². The highest BCUT2D eigenvalue weighted by atomic mass is 127. The summed E-state index contributed by atoms with van der Waals surface area (Å²) in [5.74, 6) is 2.20. The topological polar surface area (TPSA) is 75.4 Å². The molecule has 1 aliphatic rings. The van der Waals surface area contributed by atoms with Crippen molar-refractivity contribution in [3.8, 4) is 5.75 Å². The molecule has 0 aliphatic carbocycles. The minimum atomic E-state index is -0.103. The molecule has 28 heavy (non-hydrogen) atoms. The molecule has 0 spiro atoms. The van der Waals surface area contributed by atoms with Gasteiger partial charge in [0, 0.05) is 20.1 Å². The SMILES string of the molecule is Cn1c(CO)nnc1NCCCCOc1cccc(CN2CCCCC2I)c1. The number of ether oxygens (including phenoxy) is 1. The number of nitrogens with one attached hydrogen (secondary N) is 1. The fraction of sp³-hybridized carbons (Fsp3) is 0.600. The average Bonchev–Trinajstić information content (AvgIpc) is 3.06. The van der Waals surface area contributed by atoms with Crippen LogP contribution in [0.1, 0.15) is 43.5 Å². The molecule has 0 radical (unpaired) electrons. The molecule has 2 aromatic rings. The summed E-state index contributed by atoms with van der Waals surface area (Å²) in [5, 5.41) is 20.3. The van der Waals surface area contributed by atoms with Crippen LogP contribution in [0.2, 0.25) is 0 Å². The molecule has 1 unspecified atom stereocenters. The third-order valence-electron chi connectivity index (χ3n) is 5.05. The molecule has 154 valence electrons. The molecule has 0 amide bonds. The van der Waals surface area contributed by atoms with Crippen LogP contribution in [0, 0.1) is 0 Å². The number of likely N-dealkylation sites (tertiary alicyclic amines) is 1. The van der Waals surface area contributed by atoms with Gasteiger partial charge in [-0.2, -0.15) is 0 Å². The summed E-state index contributed by atoms with van der Waals surface area (Å²) in [6.07, 6.45) is 5.89. The van der Waals surface area contributed by atoms with Crippen LogP contribution in [0.15, 0.2) is 24.3 Å². The van der Waals surface area contributed by atoms with Gasteiger partial charge in [-0.25, -0.2) is 0 Å². The summed E-state index contributed by atoms with van der Waals surface area (Å²) in [6.45, 7) is 3.59. The zero-order chi connectivity index (χ0) is 19.8. The number of hydrogen-bond acceptors (Lipinski definition) is 6. The smallest absolute Gasteiger partial charge is 0.224 e. The Labute approximate surface area is 180 Å². The molecule has 1 atom stereocenters. The number of aromatic nitrogens is 3. The average molecular weight is 499 g/mol. The van der Waals surface area contributed by atoms with Crippen molar-refractivity contribution in [2.75, 3.05) is 25.0 Å². The van der Waals surface area contributed by atoms with Gasteiger partial charge < -0.3 is 15.2 Å². The van der Waals surface area contributed by atoms with E-state index in [4.69, 9.17) is 9.84 Å². The lowest BCUT2D eigenvalue weighted by atomic mass is 10.1. The highest BCUT2D eigenvalue weighted by Crippen LogP contribution is 2.25. The van der Waals surface area contributed by atoms with Crippen molar-refractivity contribution in [3.05, 3.63) is 35.7 Å². The Bertz CT molecular complexity index is 739. The lowest BCUT2D eigenvalue weighted by Crippen LogP contribution is -2.34. The molecule has 1 fully saturated rings. The zero-order valence-corrected chi connectivity index (χ0v) is 18.6. The third-order valence-corrected chi connectivity index (χ3v) is 6.46. The van der Waals surface area contributed by atoms with E-state index in [-0.39, 0.29) is 6.61 Å². The quantitative estimate of drug-likeness (QED) is 0.226. The second-order valence-electron chi connectivity index (χ2n) is 7.19. The van der Waals surface area contributed by atoms with Gasteiger partial charge in [-0.3, -0.25) is 9.47 Å². The van der Waals surface area contributed by atoms with Gasteiger partial charge in [0.05, 0.1) is 10.7 Å². The predicted molar refractivity (Wildman–Crippen MR) is 119 cm³/mol. The Kier molecular flexibility index (Phi) is 8.35. The Morgan fingerprint density at radius 2 is 2.18 bits per heavy atom. The molecule has 7 nitrogen and oxygen atoms in total. The summed E-state index contributed by atoms with van der Waals surface area (Å²) >= 11 is 2.57. The standard InChI is InChI=1S/C20H30IN5O2/c1-25-19(15-27)23-24-20(25)22-10-3-5-12-28-17-8-6-7-16(13-17)14-26-11-4-2-9-18(26)21/h6-8,13,18,27H,2-5,9-12,14-15H2,1H3,(H,22,24). The normalized spacial score (nSPS) is 17.6. The molecule has 1 aliphatic heterocycles. The number of anilines is 1. The number of piperidine rings is 1. The predicted octanol–water partition coefficient (Wildman–Crippen LogP) is 3.33. The van der Waals surface area contributed by atoms with Gasteiger partial charge >= 0.3 is 0 Å². The van der Waals surface area contributed by atoms with Crippen molar-refractivity contribution >= 4 is 28.5 Å². The first-order valence-electron chi connectivity index (χ1n) is 10.00. The lowest BCUT2D eigenvalue weighted by Gasteiger charge is -2.32. The molecule has 2 N–H and O–H groups in total. The van der Waals surface area contributed by atoms with E-state index in [9.17, 15) is 0 Å². The molecule has 1 aromatic heterocycles. The number of nitrogens with zero attached hydrogens (tertiary/aromatic N) is 4. The number of halogens is 1. The van der Waals surface area contributed by atoms with Crippen molar-refractivity contribution in [2.45, 2.75) is 49.3 Å². The number of unbranched alkanes of at least 4 members (excludes halogenated alkanes) is 1. The molecular weight excluding hydrogens is 469 g/mol. The van der Waals surface area contributed by atoms with Crippen molar-refractivity contribution in [1.82, 2.24) is 19.7 Å². The van der Waals surface area contributed by atoms with E-state index < -0.39 is 0 Å². The van der Waals surface area contributed by atoms with Crippen LogP contribution in [-0.4, -0.2) is 48.5 Å². The van der Waals surface area contributed by atoms with Crippen LogP contribution in [0.3, 0.4) is 0 Å². The van der Waals surface area contributed by atoms with Gasteiger partial charge in [0.25, 0.3) is 0 Å². The van der Waals surface area contributed by atoms with Crippen molar-refractivity contribution in [3.63, 3.8) is 0 Å². The van der Waals surface area contributed by atoms with Crippen molar-refractivity contribution < 1.29 is 9.84 Å². The number of aliphatic hydroxyl groups excluding tert-OH is 1. The molecule has 1 aromatic carbocycles. The van der Waals surface area contributed by atoms with Crippen LogP contribution in [0.4, 0.5) is 5.95 Å². The molecule has 3 rings (SSSR count). The highest BCUT2D eigenvalue weighted by Gasteiger charge is 2.19. The monoisotopic (exact) mass is 499 g/mol. The second-order valence-corrected chi connectivity index (χ2v) is 8.63. The molecule has 2 heterocycles. The largest absolute Gasteiger partial charge is 0.494 e. The maximum Gasteiger partial charge on any atom is 0.224 e. The molecular formula is C20H30IN5O2. The van der Waals surface area contributed by atoms with E-state index in [0.717, 1.165) is 31.7 Å². The number of aliphatic hydroxyl groups is 1. The number of benzene rings is 1. The molecule has 0 saturated carbocycles. The van der Waals surface area contributed by atoms with E-state index in [1.165, 1.54) is 31.4 Å². The van der Waals surface area contributed by atoms with Gasteiger partial charge in [-0.1, -0.05) is 34.7 Å². The minimum Gasteiger partial charge on any atom is -0.494 e. The van der Waals surface area contributed by atoms with Gasteiger partial charge in [0.2, 0.25) is 5.95 Å². The first kappa shape index (κ1) is 21.3. The summed E-state index contributed by atoms with van der Waals surface area (Å²) in [7, 11) is 1.84.